The van der Waals surface area contributed by atoms with Gasteiger partial charge in [-0.05, 0) is 43.4 Å². The predicted molar refractivity (Wildman–Crippen MR) is 87.7 cm³/mol. The van der Waals surface area contributed by atoms with Gasteiger partial charge in [0.05, 0.1) is 9.92 Å². The number of nitrogen functional groups attached to an aromatic ring is 1. The quantitative estimate of drug-likeness (QED) is 0.814. The Morgan fingerprint density at radius 3 is 2.48 bits per heavy atom. The van der Waals surface area contributed by atoms with Crippen molar-refractivity contribution in [1.29, 1.82) is 0 Å². The number of sulfonamides is 1. The molecule has 0 unspecified atom stereocenters. The fourth-order valence-corrected chi connectivity index (χ4v) is 4.26. The predicted octanol–water partition coefficient (Wildman–Crippen LogP) is 3.63. The van der Waals surface area contributed by atoms with Gasteiger partial charge in [-0.3, -0.25) is 0 Å². The van der Waals surface area contributed by atoms with Gasteiger partial charge in [-0.1, -0.05) is 35.0 Å². The maximum Gasteiger partial charge on any atom is 0.241 e. The molecule has 3 N–H and O–H groups in total. The van der Waals surface area contributed by atoms with E-state index in [0.717, 1.165) is 0 Å². The summed E-state index contributed by atoms with van der Waals surface area (Å²) < 4.78 is 26.4. The summed E-state index contributed by atoms with van der Waals surface area (Å²) in [6.45, 7) is 0. The van der Waals surface area contributed by atoms with Crippen LogP contribution in [0.2, 0.25) is 10.0 Å². The van der Waals surface area contributed by atoms with E-state index >= 15 is 0 Å². The number of halogens is 2. The van der Waals surface area contributed by atoms with Crippen LogP contribution in [0.25, 0.3) is 0 Å². The van der Waals surface area contributed by atoms with E-state index in [4.69, 9.17) is 28.9 Å². The van der Waals surface area contributed by atoms with Crippen LogP contribution in [0, 0.1) is 0 Å². The Labute approximate surface area is 137 Å². The molecule has 0 saturated carbocycles. The van der Waals surface area contributed by atoms with Crippen LogP contribution in [0.15, 0.2) is 51.1 Å². The molecule has 21 heavy (non-hydrogen) atoms. The van der Waals surface area contributed by atoms with Gasteiger partial charge in [0.1, 0.15) is 0 Å². The minimum atomic E-state index is -3.62. The average Bonchev–Trinajstić information content (AvgIpc) is 2.44. The van der Waals surface area contributed by atoms with Crippen LogP contribution in [0.5, 0.6) is 0 Å². The second-order valence-electron chi connectivity index (χ2n) is 4.09. The first kappa shape index (κ1) is 16.5. The smallest absolute Gasteiger partial charge is 0.241 e. The number of hydrogen-bond acceptors (Lipinski definition) is 4. The van der Waals surface area contributed by atoms with Crippen molar-refractivity contribution in [2.45, 2.75) is 14.7 Å². The second-order valence-corrected chi connectivity index (χ2v) is 7.87. The molecule has 0 heterocycles. The lowest BCUT2D eigenvalue weighted by Gasteiger charge is -2.11. The zero-order chi connectivity index (χ0) is 15.6. The molecule has 0 saturated heterocycles. The molecule has 0 aromatic heterocycles. The Balaban J connectivity index is 2.52. The molecule has 2 aromatic carbocycles. The number of anilines is 1. The first-order valence-corrected chi connectivity index (χ1v) is 8.85. The third-order valence-corrected chi connectivity index (χ3v) is 6.03. The van der Waals surface area contributed by atoms with Crippen molar-refractivity contribution in [1.82, 2.24) is 4.72 Å². The van der Waals surface area contributed by atoms with Crippen molar-refractivity contribution in [3.05, 3.63) is 46.4 Å². The Bertz CT molecular complexity index is 780. The van der Waals surface area contributed by atoms with Crippen molar-refractivity contribution < 1.29 is 8.42 Å². The van der Waals surface area contributed by atoms with E-state index in [1.54, 1.807) is 30.3 Å². The Hall–Kier alpha value is -0.920. The zero-order valence-corrected chi connectivity index (χ0v) is 14.1. The lowest BCUT2D eigenvalue weighted by atomic mass is 10.3. The molecule has 112 valence electrons. The Morgan fingerprint density at radius 1 is 1.10 bits per heavy atom. The van der Waals surface area contributed by atoms with Gasteiger partial charge in [0.15, 0.2) is 0 Å². The highest BCUT2D eigenvalue weighted by Crippen LogP contribution is 2.38. The van der Waals surface area contributed by atoms with Crippen molar-refractivity contribution in [3.63, 3.8) is 0 Å². The molecule has 2 rings (SSSR count). The molecule has 0 aliphatic carbocycles. The first-order chi connectivity index (χ1) is 9.83. The molecule has 0 spiro atoms. The van der Waals surface area contributed by atoms with E-state index in [1.807, 2.05) is 0 Å². The van der Waals surface area contributed by atoms with Crippen LogP contribution in [0.1, 0.15) is 0 Å². The second kappa shape index (κ2) is 6.46. The van der Waals surface area contributed by atoms with Crippen molar-refractivity contribution in [2.75, 3.05) is 12.8 Å². The van der Waals surface area contributed by atoms with E-state index in [9.17, 15) is 8.42 Å². The molecule has 8 heteroatoms. The van der Waals surface area contributed by atoms with Crippen molar-refractivity contribution in [3.8, 4) is 0 Å². The SMILES string of the molecule is CNS(=O)(=O)c1cc(N)ccc1Sc1cc(Cl)ccc1Cl. The summed E-state index contributed by atoms with van der Waals surface area (Å²) in [4.78, 5) is 1.29. The van der Waals surface area contributed by atoms with Gasteiger partial charge in [-0.2, -0.15) is 0 Å². The topological polar surface area (TPSA) is 72.2 Å². The summed E-state index contributed by atoms with van der Waals surface area (Å²) >= 11 is 13.3. The minimum Gasteiger partial charge on any atom is -0.399 e. The summed E-state index contributed by atoms with van der Waals surface area (Å²) in [6, 6.07) is 9.70. The average molecular weight is 363 g/mol. The van der Waals surface area contributed by atoms with Crippen molar-refractivity contribution in [2.24, 2.45) is 0 Å². The standard InChI is InChI=1S/C13H12Cl2N2O2S2/c1-17-21(18,19)13-7-9(16)3-5-11(13)20-12-6-8(14)2-4-10(12)15/h2-7,17H,16H2,1H3. The third-order valence-electron chi connectivity index (χ3n) is 2.64. The summed E-state index contributed by atoms with van der Waals surface area (Å²) in [5.74, 6) is 0. The number of rotatable bonds is 4. The van der Waals surface area contributed by atoms with Crippen LogP contribution in [0.3, 0.4) is 0 Å². The van der Waals surface area contributed by atoms with E-state index in [-0.39, 0.29) is 4.90 Å². The number of nitrogens with two attached hydrogens (primary N) is 1. The van der Waals surface area contributed by atoms with Crippen LogP contribution >= 0.6 is 35.0 Å². The van der Waals surface area contributed by atoms with E-state index in [2.05, 4.69) is 4.72 Å². The fourth-order valence-electron chi connectivity index (χ4n) is 1.60. The lowest BCUT2D eigenvalue weighted by molar-refractivity contribution is 0.586. The van der Waals surface area contributed by atoms with Crippen molar-refractivity contribution >= 4 is 50.7 Å². The lowest BCUT2D eigenvalue weighted by Crippen LogP contribution is -2.19. The summed E-state index contributed by atoms with van der Waals surface area (Å²) in [6.07, 6.45) is 0. The molecule has 0 aliphatic rings. The van der Waals surface area contributed by atoms with Crippen LogP contribution < -0.4 is 10.5 Å². The molecular weight excluding hydrogens is 351 g/mol. The minimum absolute atomic E-state index is 0.103. The Kier molecular flexibility index (Phi) is 5.06. The highest BCUT2D eigenvalue weighted by molar-refractivity contribution is 8.00. The highest BCUT2D eigenvalue weighted by atomic mass is 35.5. The van der Waals surface area contributed by atoms with Gasteiger partial charge < -0.3 is 5.73 Å². The fraction of sp³-hybridized carbons (Fsp3) is 0.0769. The molecule has 0 radical (unpaired) electrons. The van der Waals surface area contributed by atoms with Gasteiger partial charge in [0, 0.05) is 20.5 Å². The van der Waals surface area contributed by atoms with E-state index in [0.29, 0.717) is 25.5 Å². The maximum absolute atomic E-state index is 12.1. The molecule has 0 fully saturated rings. The largest absolute Gasteiger partial charge is 0.399 e. The number of hydrogen-bond donors (Lipinski definition) is 2. The molecule has 0 bridgehead atoms. The van der Waals surface area contributed by atoms with Gasteiger partial charge in [-0.25, -0.2) is 13.1 Å². The molecular formula is C13H12Cl2N2O2S2. The number of nitrogens with one attached hydrogen (secondary N) is 1. The molecule has 0 aliphatic heterocycles. The maximum atomic E-state index is 12.1. The van der Waals surface area contributed by atoms with Gasteiger partial charge in [0.25, 0.3) is 0 Å². The van der Waals surface area contributed by atoms with Crippen LogP contribution in [0.4, 0.5) is 5.69 Å². The molecule has 0 amide bonds. The first-order valence-electron chi connectivity index (χ1n) is 5.79. The Morgan fingerprint density at radius 2 is 1.81 bits per heavy atom. The van der Waals surface area contributed by atoms with Gasteiger partial charge >= 0.3 is 0 Å². The normalized spacial score (nSPS) is 11.6. The zero-order valence-electron chi connectivity index (χ0n) is 10.9. The molecule has 0 atom stereocenters. The summed E-state index contributed by atoms with van der Waals surface area (Å²) in [5.41, 5.74) is 6.04. The number of benzene rings is 2. The van der Waals surface area contributed by atoms with E-state index < -0.39 is 10.0 Å². The van der Waals surface area contributed by atoms with Gasteiger partial charge in [-0.15, -0.1) is 0 Å². The van der Waals surface area contributed by atoms with Gasteiger partial charge in [0.2, 0.25) is 10.0 Å². The van der Waals surface area contributed by atoms with E-state index in [1.165, 1.54) is 24.9 Å². The highest BCUT2D eigenvalue weighted by Gasteiger charge is 2.18. The molecule has 2 aromatic rings. The van der Waals surface area contributed by atoms with Crippen LogP contribution in [-0.4, -0.2) is 15.5 Å². The molecule has 4 nitrogen and oxygen atoms in total. The van der Waals surface area contributed by atoms with Crippen LogP contribution in [-0.2, 0) is 10.0 Å². The monoisotopic (exact) mass is 362 g/mol. The third kappa shape index (κ3) is 3.84. The summed E-state index contributed by atoms with van der Waals surface area (Å²) in [7, 11) is -2.27. The summed E-state index contributed by atoms with van der Waals surface area (Å²) in [5, 5.41) is 1.02.